The Hall–Kier alpha value is -1.35. The number of nitrogens with two attached hydrogens (primary N) is 1. The number of piperidine rings is 1. The van der Waals surface area contributed by atoms with E-state index in [1.165, 1.54) is 11.1 Å². The molecular weight excluding hydrogens is 200 g/mol. The van der Waals surface area contributed by atoms with Crippen LogP contribution in [0.1, 0.15) is 30.0 Å². The van der Waals surface area contributed by atoms with Crippen molar-refractivity contribution in [2.24, 2.45) is 5.73 Å². The standard InChI is InChI=1S/C13H18N2O/c1-9-5-3-4-6-10(9)13-11(14)7-8-12(16)15(13)2/h3-6,11,13H,7-8,14H2,1-2H3. The summed E-state index contributed by atoms with van der Waals surface area (Å²) < 4.78 is 0. The van der Waals surface area contributed by atoms with Crippen LogP contribution in [-0.4, -0.2) is 23.9 Å². The van der Waals surface area contributed by atoms with Gasteiger partial charge < -0.3 is 10.6 Å². The molecule has 86 valence electrons. The van der Waals surface area contributed by atoms with Crippen LogP contribution in [0.3, 0.4) is 0 Å². The molecule has 1 aliphatic rings. The largest absolute Gasteiger partial charge is 0.337 e. The average molecular weight is 218 g/mol. The molecule has 1 amide bonds. The van der Waals surface area contributed by atoms with E-state index in [1.807, 2.05) is 19.2 Å². The molecule has 1 aromatic rings. The Morgan fingerprint density at radius 2 is 2.06 bits per heavy atom. The molecule has 3 heteroatoms. The highest BCUT2D eigenvalue weighted by molar-refractivity contribution is 5.77. The van der Waals surface area contributed by atoms with E-state index in [-0.39, 0.29) is 18.0 Å². The average Bonchev–Trinajstić information content (AvgIpc) is 2.27. The Bertz CT molecular complexity index is 403. The summed E-state index contributed by atoms with van der Waals surface area (Å²) in [6, 6.07) is 8.22. The minimum atomic E-state index is 0.0300. The molecule has 0 saturated carbocycles. The summed E-state index contributed by atoms with van der Waals surface area (Å²) in [5.41, 5.74) is 8.51. The van der Waals surface area contributed by atoms with Crippen LogP contribution in [0.15, 0.2) is 24.3 Å². The van der Waals surface area contributed by atoms with Crippen LogP contribution < -0.4 is 5.73 Å². The van der Waals surface area contributed by atoms with Crippen molar-refractivity contribution >= 4 is 5.91 Å². The third-order valence-electron chi connectivity index (χ3n) is 3.41. The van der Waals surface area contributed by atoms with Crippen molar-refractivity contribution in [3.63, 3.8) is 0 Å². The number of nitrogens with zero attached hydrogens (tertiary/aromatic N) is 1. The van der Waals surface area contributed by atoms with Crippen LogP contribution in [-0.2, 0) is 4.79 Å². The van der Waals surface area contributed by atoms with Gasteiger partial charge in [-0.25, -0.2) is 0 Å². The molecule has 2 rings (SSSR count). The Balaban J connectivity index is 2.37. The van der Waals surface area contributed by atoms with E-state index in [0.29, 0.717) is 6.42 Å². The molecule has 1 aromatic carbocycles. The van der Waals surface area contributed by atoms with Crippen molar-refractivity contribution in [3.05, 3.63) is 35.4 Å². The topological polar surface area (TPSA) is 46.3 Å². The highest BCUT2D eigenvalue weighted by Gasteiger charge is 2.32. The Kier molecular flexibility index (Phi) is 2.97. The molecule has 0 aliphatic carbocycles. The molecule has 1 aliphatic heterocycles. The quantitative estimate of drug-likeness (QED) is 0.778. The Morgan fingerprint density at radius 3 is 2.75 bits per heavy atom. The lowest BCUT2D eigenvalue weighted by atomic mass is 9.89. The second-order valence-corrected chi connectivity index (χ2v) is 4.51. The van der Waals surface area contributed by atoms with Crippen LogP contribution in [0.2, 0.25) is 0 Å². The molecule has 1 saturated heterocycles. The van der Waals surface area contributed by atoms with Gasteiger partial charge in [-0.3, -0.25) is 4.79 Å². The number of aryl methyl sites for hydroxylation is 1. The number of amides is 1. The molecule has 0 bridgehead atoms. The summed E-state index contributed by atoms with van der Waals surface area (Å²) in [7, 11) is 1.85. The smallest absolute Gasteiger partial charge is 0.222 e. The first-order chi connectivity index (χ1) is 7.61. The van der Waals surface area contributed by atoms with E-state index in [1.54, 1.807) is 4.90 Å². The highest BCUT2D eigenvalue weighted by atomic mass is 16.2. The first-order valence-electron chi connectivity index (χ1n) is 5.68. The molecule has 0 aromatic heterocycles. The zero-order valence-corrected chi connectivity index (χ0v) is 9.81. The van der Waals surface area contributed by atoms with E-state index >= 15 is 0 Å². The number of likely N-dealkylation sites (N-methyl/N-ethyl adjacent to an activating group) is 1. The number of rotatable bonds is 1. The van der Waals surface area contributed by atoms with Gasteiger partial charge in [0, 0.05) is 19.5 Å². The lowest BCUT2D eigenvalue weighted by Crippen LogP contribution is -2.47. The lowest BCUT2D eigenvalue weighted by Gasteiger charge is -2.38. The fourth-order valence-electron chi connectivity index (χ4n) is 2.42. The van der Waals surface area contributed by atoms with Gasteiger partial charge in [0.15, 0.2) is 0 Å². The molecule has 2 atom stereocenters. The van der Waals surface area contributed by atoms with E-state index in [0.717, 1.165) is 6.42 Å². The van der Waals surface area contributed by atoms with Crippen molar-refractivity contribution in [2.45, 2.75) is 31.8 Å². The van der Waals surface area contributed by atoms with E-state index in [4.69, 9.17) is 5.73 Å². The maximum absolute atomic E-state index is 11.7. The zero-order valence-electron chi connectivity index (χ0n) is 9.81. The van der Waals surface area contributed by atoms with Crippen molar-refractivity contribution in [2.75, 3.05) is 7.05 Å². The number of benzene rings is 1. The first kappa shape index (κ1) is 11.1. The van der Waals surface area contributed by atoms with Gasteiger partial charge >= 0.3 is 0 Å². The van der Waals surface area contributed by atoms with Gasteiger partial charge in [-0.05, 0) is 24.5 Å². The Morgan fingerprint density at radius 1 is 1.38 bits per heavy atom. The summed E-state index contributed by atoms with van der Waals surface area (Å²) >= 11 is 0. The maximum atomic E-state index is 11.7. The fourth-order valence-corrected chi connectivity index (χ4v) is 2.42. The predicted octanol–water partition coefficient (Wildman–Crippen LogP) is 1.62. The Labute approximate surface area is 96.2 Å². The van der Waals surface area contributed by atoms with Crippen molar-refractivity contribution in [1.29, 1.82) is 0 Å². The van der Waals surface area contributed by atoms with Crippen LogP contribution >= 0.6 is 0 Å². The van der Waals surface area contributed by atoms with Crippen LogP contribution in [0.4, 0.5) is 0 Å². The molecule has 16 heavy (non-hydrogen) atoms. The van der Waals surface area contributed by atoms with Crippen LogP contribution in [0.5, 0.6) is 0 Å². The van der Waals surface area contributed by atoms with E-state index in [9.17, 15) is 4.79 Å². The second kappa shape index (κ2) is 4.26. The van der Waals surface area contributed by atoms with Gasteiger partial charge in [-0.1, -0.05) is 24.3 Å². The highest BCUT2D eigenvalue weighted by Crippen LogP contribution is 2.31. The van der Waals surface area contributed by atoms with Crippen molar-refractivity contribution in [3.8, 4) is 0 Å². The van der Waals surface area contributed by atoms with Gasteiger partial charge in [-0.2, -0.15) is 0 Å². The molecule has 1 fully saturated rings. The predicted molar refractivity (Wildman–Crippen MR) is 63.9 cm³/mol. The minimum absolute atomic E-state index is 0.0300. The molecule has 0 radical (unpaired) electrons. The lowest BCUT2D eigenvalue weighted by molar-refractivity contribution is -0.135. The van der Waals surface area contributed by atoms with Gasteiger partial charge in [0.25, 0.3) is 0 Å². The minimum Gasteiger partial charge on any atom is -0.337 e. The molecule has 1 heterocycles. The van der Waals surface area contributed by atoms with Crippen LogP contribution in [0.25, 0.3) is 0 Å². The maximum Gasteiger partial charge on any atom is 0.222 e. The number of likely N-dealkylation sites (tertiary alicyclic amines) is 1. The summed E-state index contributed by atoms with van der Waals surface area (Å²) in [5, 5.41) is 0. The van der Waals surface area contributed by atoms with E-state index < -0.39 is 0 Å². The van der Waals surface area contributed by atoms with E-state index in [2.05, 4.69) is 19.1 Å². The monoisotopic (exact) mass is 218 g/mol. The summed E-state index contributed by atoms with van der Waals surface area (Å²) in [4.78, 5) is 13.5. The molecule has 2 N–H and O–H groups in total. The second-order valence-electron chi connectivity index (χ2n) is 4.51. The normalized spacial score (nSPS) is 25.9. The third-order valence-corrected chi connectivity index (χ3v) is 3.41. The SMILES string of the molecule is Cc1ccccc1C1C(N)CCC(=O)N1C. The summed E-state index contributed by atoms with van der Waals surface area (Å²) in [5.74, 6) is 0.190. The number of carbonyl (C=O) groups excluding carboxylic acids is 1. The van der Waals surface area contributed by atoms with Crippen molar-refractivity contribution in [1.82, 2.24) is 4.90 Å². The molecule has 3 nitrogen and oxygen atoms in total. The van der Waals surface area contributed by atoms with Gasteiger partial charge in [0.1, 0.15) is 0 Å². The zero-order chi connectivity index (χ0) is 11.7. The number of hydrogen-bond donors (Lipinski definition) is 1. The third kappa shape index (κ3) is 1.83. The fraction of sp³-hybridized carbons (Fsp3) is 0.462. The van der Waals surface area contributed by atoms with Crippen molar-refractivity contribution < 1.29 is 4.79 Å². The number of hydrogen-bond acceptors (Lipinski definition) is 2. The summed E-state index contributed by atoms with van der Waals surface area (Å²) in [6.07, 6.45) is 1.35. The first-order valence-corrected chi connectivity index (χ1v) is 5.68. The molecule has 0 spiro atoms. The van der Waals surface area contributed by atoms with Gasteiger partial charge in [-0.15, -0.1) is 0 Å². The molecule has 2 unspecified atom stereocenters. The number of carbonyl (C=O) groups is 1. The van der Waals surface area contributed by atoms with Gasteiger partial charge in [0.2, 0.25) is 5.91 Å². The molecular formula is C13H18N2O. The van der Waals surface area contributed by atoms with Gasteiger partial charge in [0.05, 0.1) is 6.04 Å². The summed E-state index contributed by atoms with van der Waals surface area (Å²) in [6.45, 7) is 2.06. The van der Waals surface area contributed by atoms with Crippen LogP contribution in [0, 0.1) is 6.92 Å².